The number of hydrogen-bond acceptors (Lipinski definition) is 6. The van der Waals surface area contributed by atoms with Crippen LogP contribution in [-0.4, -0.2) is 27.7 Å². The standard InChI is InChI=1S/C13H13N3O3/c1-2-18-12(17)13(5-6-13)11-15-10(16-19-11)9-3-7-14-8-4-9/h3-4,7-8H,2,5-6H2,1H3. The first-order valence-electron chi connectivity index (χ1n) is 6.18. The molecule has 0 spiro atoms. The predicted molar refractivity (Wildman–Crippen MR) is 65.1 cm³/mol. The second kappa shape index (κ2) is 4.46. The average Bonchev–Trinajstić information content (AvgIpc) is 3.11. The molecule has 1 fully saturated rings. The van der Waals surface area contributed by atoms with Crippen LogP contribution in [0.2, 0.25) is 0 Å². The van der Waals surface area contributed by atoms with Crippen molar-refractivity contribution in [2.45, 2.75) is 25.2 Å². The third-order valence-electron chi connectivity index (χ3n) is 3.19. The van der Waals surface area contributed by atoms with E-state index in [1.165, 1.54) is 0 Å². The van der Waals surface area contributed by atoms with E-state index in [2.05, 4.69) is 15.1 Å². The van der Waals surface area contributed by atoms with Crippen LogP contribution in [-0.2, 0) is 14.9 Å². The maximum Gasteiger partial charge on any atom is 0.321 e. The number of rotatable bonds is 4. The molecule has 0 aromatic carbocycles. The Kier molecular flexibility index (Phi) is 2.77. The molecule has 2 heterocycles. The minimum Gasteiger partial charge on any atom is -0.465 e. The summed E-state index contributed by atoms with van der Waals surface area (Å²) in [4.78, 5) is 20.2. The predicted octanol–water partition coefficient (Wildman–Crippen LogP) is 1.73. The first kappa shape index (κ1) is 11.8. The van der Waals surface area contributed by atoms with Crippen molar-refractivity contribution in [2.75, 3.05) is 6.61 Å². The van der Waals surface area contributed by atoms with Crippen LogP contribution in [0.15, 0.2) is 29.0 Å². The van der Waals surface area contributed by atoms with E-state index in [4.69, 9.17) is 9.26 Å². The summed E-state index contributed by atoms with van der Waals surface area (Å²) < 4.78 is 10.3. The lowest BCUT2D eigenvalue weighted by Crippen LogP contribution is -2.23. The Hall–Kier alpha value is -2.24. The van der Waals surface area contributed by atoms with E-state index in [0.717, 1.165) is 5.56 Å². The largest absolute Gasteiger partial charge is 0.465 e. The minimum atomic E-state index is -0.714. The number of carbonyl (C=O) groups excluding carboxylic acids is 1. The normalized spacial score (nSPS) is 16.1. The zero-order valence-electron chi connectivity index (χ0n) is 10.5. The molecule has 0 saturated heterocycles. The van der Waals surface area contributed by atoms with Crippen molar-refractivity contribution in [3.05, 3.63) is 30.4 Å². The zero-order chi connectivity index (χ0) is 13.3. The Bertz CT molecular complexity index is 590. The Morgan fingerprint density at radius 1 is 1.42 bits per heavy atom. The van der Waals surface area contributed by atoms with E-state index >= 15 is 0 Å². The lowest BCUT2D eigenvalue weighted by molar-refractivity contribution is -0.146. The summed E-state index contributed by atoms with van der Waals surface area (Å²) >= 11 is 0. The van der Waals surface area contributed by atoms with Crippen LogP contribution in [0.25, 0.3) is 11.4 Å². The van der Waals surface area contributed by atoms with Crippen LogP contribution >= 0.6 is 0 Å². The minimum absolute atomic E-state index is 0.278. The van der Waals surface area contributed by atoms with Crippen molar-refractivity contribution in [3.63, 3.8) is 0 Å². The number of pyridine rings is 1. The molecule has 0 N–H and O–H groups in total. The van der Waals surface area contributed by atoms with E-state index in [1.54, 1.807) is 31.5 Å². The summed E-state index contributed by atoms with van der Waals surface area (Å²) in [6.45, 7) is 2.14. The number of aromatic nitrogens is 3. The number of carbonyl (C=O) groups is 1. The van der Waals surface area contributed by atoms with Gasteiger partial charge >= 0.3 is 5.97 Å². The van der Waals surface area contributed by atoms with Gasteiger partial charge in [-0.05, 0) is 31.9 Å². The molecule has 0 radical (unpaired) electrons. The van der Waals surface area contributed by atoms with Gasteiger partial charge in [-0.15, -0.1) is 0 Å². The second-order valence-corrected chi connectivity index (χ2v) is 4.46. The smallest absolute Gasteiger partial charge is 0.321 e. The highest BCUT2D eigenvalue weighted by Gasteiger charge is 2.57. The van der Waals surface area contributed by atoms with E-state index in [1.807, 2.05) is 0 Å². The molecule has 1 aliphatic rings. The van der Waals surface area contributed by atoms with Crippen molar-refractivity contribution < 1.29 is 14.1 Å². The fourth-order valence-electron chi connectivity index (χ4n) is 1.94. The molecular weight excluding hydrogens is 246 g/mol. The molecule has 0 bridgehead atoms. The van der Waals surface area contributed by atoms with Gasteiger partial charge in [0.2, 0.25) is 11.7 Å². The van der Waals surface area contributed by atoms with Crippen LogP contribution < -0.4 is 0 Å². The van der Waals surface area contributed by atoms with Crippen LogP contribution in [0, 0.1) is 0 Å². The van der Waals surface area contributed by atoms with Crippen molar-refractivity contribution in [1.82, 2.24) is 15.1 Å². The zero-order valence-corrected chi connectivity index (χ0v) is 10.5. The SMILES string of the molecule is CCOC(=O)C1(c2nc(-c3ccncc3)no2)CC1. The van der Waals surface area contributed by atoms with Gasteiger partial charge in [0.1, 0.15) is 5.41 Å². The summed E-state index contributed by atoms with van der Waals surface area (Å²) in [6, 6.07) is 3.58. The number of nitrogens with zero attached hydrogens (tertiary/aromatic N) is 3. The highest BCUT2D eigenvalue weighted by atomic mass is 16.5. The van der Waals surface area contributed by atoms with Gasteiger partial charge in [0.25, 0.3) is 0 Å². The molecular formula is C13H13N3O3. The molecule has 98 valence electrons. The maximum absolute atomic E-state index is 11.9. The van der Waals surface area contributed by atoms with Crippen molar-refractivity contribution in [1.29, 1.82) is 0 Å². The molecule has 0 aliphatic heterocycles. The lowest BCUT2D eigenvalue weighted by atomic mass is 10.1. The number of hydrogen-bond donors (Lipinski definition) is 0. The molecule has 19 heavy (non-hydrogen) atoms. The van der Waals surface area contributed by atoms with Crippen LogP contribution in [0.4, 0.5) is 0 Å². The summed E-state index contributed by atoms with van der Waals surface area (Å²) in [5.41, 5.74) is 0.0959. The van der Waals surface area contributed by atoms with Crippen molar-refractivity contribution >= 4 is 5.97 Å². The topological polar surface area (TPSA) is 78.1 Å². The Balaban J connectivity index is 1.88. The van der Waals surface area contributed by atoms with Gasteiger partial charge in [0.05, 0.1) is 6.61 Å². The van der Waals surface area contributed by atoms with Crippen LogP contribution in [0.5, 0.6) is 0 Å². The molecule has 3 rings (SSSR count). The third-order valence-corrected chi connectivity index (χ3v) is 3.19. The summed E-state index contributed by atoms with van der Waals surface area (Å²) in [7, 11) is 0. The fourth-order valence-corrected chi connectivity index (χ4v) is 1.94. The van der Waals surface area contributed by atoms with Crippen LogP contribution in [0.1, 0.15) is 25.7 Å². The summed E-state index contributed by atoms with van der Waals surface area (Å²) in [5, 5.41) is 3.91. The highest BCUT2D eigenvalue weighted by molar-refractivity contribution is 5.85. The number of ether oxygens (including phenoxy) is 1. The molecule has 1 aliphatic carbocycles. The van der Waals surface area contributed by atoms with Gasteiger partial charge in [-0.25, -0.2) is 0 Å². The van der Waals surface area contributed by atoms with E-state index in [-0.39, 0.29) is 5.97 Å². The second-order valence-electron chi connectivity index (χ2n) is 4.46. The lowest BCUT2D eigenvalue weighted by Gasteiger charge is -2.07. The van der Waals surface area contributed by atoms with Gasteiger partial charge in [0, 0.05) is 18.0 Å². The van der Waals surface area contributed by atoms with Gasteiger partial charge in [-0.2, -0.15) is 4.98 Å². The first-order valence-corrected chi connectivity index (χ1v) is 6.18. The molecule has 6 heteroatoms. The monoisotopic (exact) mass is 259 g/mol. The van der Waals surface area contributed by atoms with Crippen LogP contribution in [0.3, 0.4) is 0 Å². The van der Waals surface area contributed by atoms with E-state index in [9.17, 15) is 4.79 Å². The van der Waals surface area contributed by atoms with E-state index < -0.39 is 5.41 Å². The fraction of sp³-hybridized carbons (Fsp3) is 0.385. The summed E-state index contributed by atoms with van der Waals surface area (Å²) in [6.07, 6.45) is 4.71. The first-order chi connectivity index (χ1) is 9.26. The van der Waals surface area contributed by atoms with Gasteiger partial charge in [-0.1, -0.05) is 5.16 Å². The van der Waals surface area contributed by atoms with E-state index in [0.29, 0.717) is 31.2 Å². The molecule has 0 atom stereocenters. The Labute approximate surface area is 109 Å². The molecule has 0 unspecified atom stereocenters. The molecule has 2 aromatic heterocycles. The Morgan fingerprint density at radius 2 is 2.16 bits per heavy atom. The van der Waals surface area contributed by atoms with Gasteiger partial charge < -0.3 is 9.26 Å². The Morgan fingerprint density at radius 3 is 2.79 bits per heavy atom. The quantitative estimate of drug-likeness (QED) is 0.778. The highest BCUT2D eigenvalue weighted by Crippen LogP contribution is 2.48. The van der Waals surface area contributed by atoms with Crippen molar-refractivity contribution in [2.24, 2.45) is 0 Å². The van der Waals surface area contributed by atoms with Gasteiger partial charge in [-0.3, -0.25) is 9.78 Å². The van der Waals surface area contributed by atoms with Gasteiger partial charge in [0.15, 0.2) is 0 Å². The number of esters is 1. The summed E-state index contributed by atoms with van der Waals surface area (Å²) in [5.74, 6) is 0.533. The average molecular weight is 259 g/mol. The third kappa shape index (κ3) is 1.99. The molecule has 2 aromatic rings. The maximum atomic E-state index is 11.9. The van der Waals surface area contributed by atoms with Crippen molar-refractivity contribution in [3.8, 4) is 11.4 Å². The molecule has 1 saturated carbocycles. The molecule has 0 amide bonds. The molecule has 6 nitrogen and oxygen atoms in total.